The Bertz CT molecular complexity index is 1470. The monoisotopic (exact) mass is 505 g/mol. The summed E-state index contributed by atoms with van der Waals surface area (Å²) in [5.41, 5.74) is 1.95. The summed E-state index contributed by atoms with van der Waals surface area (Å²) in [5.74, 6) is -0.445. The standard InChI is InChI=1S/C31H29BFN3O2/c1-29(2)30(3,4)38-32(37-29)27-26-20-25(33)21-34-28(26)36(35-27)31(22-14-8-5-9-15-22,23-16-10-6-11-17-23)24-18-12-7-13-19-24/h5-21H,1-4H3. The molecule has 0 saturated carbocycles. The van der Waals surface area contributed by atoms with Crippen LogP contribution in [0.15, 0.2) is 103 Å². The molecule has 0 unspecified atom stereocenters. The molecule has 190 valence electrons. The molecule has 5 aromatic rings. The summed E-state index contributed by atoms with van der Waals surface area (Å²) in [5, 5.41) is 5.73. The Morgan fingerprint density at radius 2 is 1.18 bits per heavy atom. The maximum atomic E-state index is 14.7. The number of rotatable bonds is 5. The van der Waals surface area contributed by atoms with Crippen molar-refractivity contribution in [1.29, 1.82) is 0 Å². The third kappa shape index (κ3) is 3.69. The van der Waals surface area contributed by atoms with Gasteiger partial charge in [-0.3, -0.25) is 0 Å². The maximum Gasteiger partial charge on any atom is 0.517 e. The fraction of sp³-hybridized carbons (Fsp3) is 0.226. The van der Waals surface area contributed by atoms with Crippen LogP contribution >= 0.6 is 0 Å². The van der Waals surface area contributed by atoms with Crippen molar-refractivity contribution in [3.05, 3.63) is 126 Å². The highest BCUT2D eigenvalue weighted by atomic mass is 19.1. The summed E-state index contributed by atoms with van der Waals surface area (Å²) in [7, 11) is -0.785. The van der Waals surface area contributed by atoms with E-state index < -0.39 is 29.7 Å². The number of fused-ring (bicyclic) bond motifs is 1. The number of benzene rings is 3. The quantitative estimate of drug-likeness (QED) is 0.227. The molecule has 1 aliphatic rings. The first kappa shape index (κ1) is 24.5. The molecule has 0 aliphatic carbocycles. The summed E-state index contributed by atoms with van der Waals surface area (Å²) in [6.07, 6.45) is 1.24. The molecule has 38 heavy (non-hydrogen) atoms. The van der Waals surface area contributed by atoms with E-state index in [4.69, 9.17) is 14.4 Å². The second-order valence-corrected chi connectivity index (χ2v) is 10.7. The zero-order valence-electron chi connectivity index (χ0n) is 21.9. The average Bonchev–Trinajstić information content (AvgIpc) is 3.39. The fourth-order valence-electron chi connectivity index (χ4n) is 5.27. The van der Waals surface area contributed by atoms with Crippen molar-refractivity contribution in [2.45, 2.75) is 44.4 Å². The van der Waals surface area contributed by atoms with Crippen molar-refractivity contribution in [2.24, 2.45) is 0 Å². The van der Waals surface area contributed by atoms with E-state index in [2.05, 4.69) is 41.4 Å². The van der Waals surface area contributed by atoms with E-state index in [1.807, 2.05) is 87.0 Å². The van der Waals surface area contributed by atoms with Crippen LogP contribution in [0.3, 0.4) is 0 Å². The van der Waals surface area contributed by atoms with Crippen LogP contribution in [0.2, 0.25) is 0 Å². The van der Waals surface area contributed by atoms with Gasteiger partial charge in [-0.1, -0.05) is 91.0 Å². The molecule has 0 bridgehead atoms. The van der Waals surface area contributed by atoms with Crippen LogP contribution in [-0.4, -0.2) is 33.1 Å². The zero-order chi connectivity index (χ0) is 26.5. The van der Waals surface area contributed by atoms with Gasteiger partial charge in [0.25, 0.3) is 0 Å². The normalized spacial score (nSPS) is 16.7. The summed E-state index contributed by atoms with van der Waals surface area (Å²) < 4.78 is 29.4. The largest absolute Gasteiger partial charge is 0.517 e. The number of aromatic nitrogens is 3. The van der Waals surface area contributed by atoms with Gasteiger partial charge >= 0.3 is 7.12 Å². The van der Waals surface area contributed by atoms with Gasteiger partial charge in [-0.15, -0.1) is 0 Å². The Kier molecular flexibility index (Phi) is 5.74. The van der Waals surface area contributed by atoms with Crippen molar-refractivity contribution in [3.8, 4) is 0 Å². The van der Waals surface area contributed by atoms with E-state index in [9.17, 15) is 4.39 Å². The first-order chi connectivity index (χ1) is 18.2. The Hall–Kier alpha value is -3.81. The Labute approximate surface area is 222 Å². The number of nitrogens with zero attached hydrogens (tertiary/aromatic N) is 3. The van der Waals surface area contributed by atoms with Crippen molar-refractivity contribution in [1.82, 2.24) is 14.8 Å². The van der Waals surface area contributed by atoms with Gasteiger partial charge in [-0.2, -0.15) is 5.10 Å². The van der Waals surface area contributed by atoms with E-state index in [1.165, 1.54) is 12.3 Å². The number of pyridine rings is 1. The minimum Gasteiger partial charge on any atom is -0.398 e. The number of halogens is 1. The molecular weight excluding hydrogens is 476 g/mol. The van der Waals surface area contributed by atoms with Crippen LogP contribution in [0.25, 0.3) is 11.0 Å². The highest BCUT2D eigenvalue weighted by Crippen LogP contribution is 2.42. The van der Waals surface area contributed by atoms with Gasteiger partial charge in [-0.25, -0.2) is 14.1 Å². The van der Waals surface area contributed by atoms with Crippen LogP contribution in [0, 0.1) is 5.82 Å². The lowest BCUT2D eigenvalue weighted by molar-refractivity contribution is 0.00578. The second-order valence-electron chi connectivity index (χ2n) is 10.7. The SMILES string of the molecule is CC1(C)OB(c2nn(C(c3ccccc3)(c3ccccc3)c3ccccc3)c3ncc(F)cc23)OC1(C)C. The van der Waals surface area contributed by atoms with E-state index in [-0.39, 0.29) is 0 Å². The molecule has 3 heterocycles. The van der Waals surface area contributed by atoms with Gasteiger partial charge < -0.3 is 9.31 Å². The van der Waals surface area contributed by atoms with Crippen molar-refractivity contribution in [3.63, 3.8) is 0 Å². The predicted molar refractivity (Wildman–Crippen MR) is 148 cm³/mol. The molecule has 3 aromatic carbocycles. The zero-order valence-corrected chi connectivity index (χ0v) is 21.9. The van der Waals surface area contributed by atoms with Gasteiger partial charge in [0.05, 0.1) is 17.4 Å². The number of hydrogen-bond donors (Lipinski definition) is 0. The Morgan fingerprint density at radius 3 is 1.63 bits per heavy atom. The maximum absolute atomic E-state index is 14.7. The molecule has 0 radical (unpaired) electrons. The lowest BCUT2D eigenvalue weighted by Crippen LogP contribution is -2.41. The van der Waals surface area contributed by atoms with Gasteiger partial charge in [-0.05, 0) is 50.5 Å². The van der Waals surface area contributed by atoms with Crippen molar-refractivity contribution in [2.75, 3.05) is 0 Å². The molecule has 6 rings (SSSR count). The van der Waals surface area contributed by atoms with Crippen molar-refractivity contribution >= 4 is 23.7 Å². The highest BCUT2D eigenvalue weighted by Gasteiger charge is 2.54. The van der Waals surface area contributed by atoms with E-state index >= 15 is 0 Å². The van der Waals surface area contributed by atoms with E-state index in [1.54, 1.807) is 0 Å². The third-order valence-corrected chi connectivity index (χ3v) is 7.89. The molecule has 7 heteroatoms. The number of hydrogen-bond acceptors (Lipinski definition) is 4. The molecule has 0 N–H and O–H groups in total. The summed E-state index contributed by atoms with van der Waals surface area (Å²) in [4.78, 5) is 4.60. The lowest BCUT2D eigenvalue weighted by Gasteiger charge is -2.36. The lowest BCUT2D eigenvalue weighted by atomic mass is 9.77. The molecule has 2 aromatic heterocycles. The fourth-order valence-corrected chi connectivity index (χ4v) is 5.27. The predicted octanol–water partition coefficient (Wildman–Crippen LogP) is 5.71. The Balaban J connectivity index is 1.72. The van der Waals surface area contributed by atoms with E-state index in [0.717, 1.165) is 16.7 Å². The second kappa shape index (κ2) is 8.89. The van der Waals surface area contributed by atoms with Crippen LogP contribution in [0.1, 0.15) is 44.4 Å². The Morgan fingerprint density at radius 1 is 0.737 bits per heavy atom. The molecule has 0 spiro atoms. The minimum absolute atomic E-state index is 0.445. The van der Waals surface area contributed by atoms with Gasteiger partial charge in [0, 0.05) is 5.39 Å². The summed E-state index contributed by atoms with van der Waals surface area (Å²) >= 11 is 0. The first-order valence-corrected chi connectivity index (χ1v) is 12.8. The van der Waals surface area contributed by atoms with Gasteiger partial charge in [0.1, 0.15) is 16.9 Å². The average molecular weight is 505 g/mol. The topological polar surface area (TPSA) is 49.2 Å². The van der Waals surface area contributed by atoms with Crippen molar-refractivity contribution < 1.29 is 13.7 Å². The van der Waals surface area contributed by atoms with Crippen LogP contribution < -0.4 is 5.59 Å². The summed E-state index contributed by atoms with van der Waals surface area (Å²) in [6, 6.07) is 32.1. The molecular formula is C31H29BFN3O2. The van der Waals surface area contributed by atoms with E-state index in [0.29, 0.717) is 16.6 Å². The van der Waals surface area contributed by atoms with Crippen LogP contribution in [-0.2, 0) is 14.8 Å². The molecule has 1 saturated heterocycles. The summed E-state index contributed by atoms with van der Waals surface area (Å²) in [6.45, 7) is 7.97. The van der Waals surface area contributed by atoms with Crippen LogP contribution in [0.4, 0.5) is 4.39 Å². The molecule has 5 nitrogen and oxygen atoms in total. The molecule has 0 amide bonds. The van der Waals surface area contributed by atoms with Gasteiger partial charge in [0.2, 0.25) is 0 Å². The third-order valence-electron chi connectivity index (χ3n) is 7.89. The van der Waals surface area contributed by atoms with Crippen LogP contribution in [0.5, 0.6) is 0 Å². The first-order valence-electron chi connectivity index (χ1n) is 12.8. The molecule has 0 atom stereocenters. The van der Waals surface area contributed by atoms with Gasteiger partial charge in [0.15, 0.2) is 5.65 Å². The molecule has 1 fully saturated rings. The smallest absolute Gasteiger partial charge is 0.398 e. The highest BCUT2D eigenvalue weighted by molar-refractivity contribution is 6.64. The minimum atomic E-state index is -0.908. The molecule has 1 aliphatic heterocycles.